The summed E-state index contributed by atoms with van der Waals surface area (Å²) in [6.07, 6.45) is 0.523. The van der Waals surface area contributed by atoms with Crippen LogP contribution in [0.3, 0.4) is 0 Å². The molecule has 0 bridgehead atoms. The van der Waals surface area contributed by atoms with Crippen LogP contribution in [0.1, 0.15) is 12.0 Å². The van der Waals surface area contributed by atoms with E-state index < -0.39 is 4.92 Å². The molecule has 0 saturated carbocycles. The van der Waals surface area contributed by atoms with Crippen LogP contribution in [0.15, 0.2) is 23.3 Å². The van der Waals surface area contributed by atoms with Gasteiger partial charge >= 0.3 is 5.69 Å². The van der Waals surface area contributed by atoms with Gasteiger partial charge in [0, 0.05) is 17.5 Å². The van der Waals surface area contributed by atoms with E-state index >= 15 is 0 Å². The molecule has 0 aliphatic heterocycles. The second-order valence-corrected chi connectivity index (χ2v) is 3.38. The molecule has 1 rings (SSSR count). The number of hydrogen-bond acceptors (Lipinski definition) is 4. The highest BCUT2D eigenvalue weighted by atomic mass is 16.6. The lowest BCUT2D eigenvalue weighted by atomic mass is 10.2. The van der Waals surface area contributed by atoms with Crippen molar-refractivity contribution in [2.24, 2.45) is 5.11 Å². The molecule has 7 heteroatoms. The van der Waals surface area contributed by atoms with Crippen molar-refractivity contribution in [3.05, 3.63) is 44.3 Å². The number of nitro groups is 1. The van der Waals surface area contributed by atoms with Gasteiger partial charge in [-0.3, -0.25) is 10.1 Å². The third-order valence-corrected chi connectivity index (χ3v) is 2.04. The van der Waals surface area contributed by atoms with E-state index in [2.05, 4.69) is 10.0 Å². The van der Waals surface area contributed by atoms with Crippen LogP contribution in [0.5, 0.6) is 5.75 Å². The summed E-state index contributed by atoms with van der Waals surface area (Å²) in [5, 5.41) is 14.1. The van der Waals surface area contributed by atoms with Crippen molar-refractivity contribution in [2.45, 2.75) is 13.3 Å². The van der Waals surface area contributed by atoms with E-state index in [0.717, 1.165) is 5.56 Å². The Labute approximate surface area is 97.8 Å². The number of aryl methyl sites for hydroxylation is 1. The lowest BCUT2D eigenvalue weighted by Gasteiger charge is -2.06. The molecule has 0 fully saturated rings. The third-order valence-electron chi connectivity index (χ3n) is 2.04. The summed E-state index contributed by atoms with van der Waals surface area (Å²) in [7, 11) is 0. The summed E-state index contributed by atoms with van der Waals surface area (Å²) in [5.41, 5.74) is 8.90. The summed E-state index contributed by atoms with van der Waals surface area (Å²) >= 11 is 0. The molecule has 0 atom stereocenters. The van der Waals surface area contributed by atoms with E-state index in [1.54, 1.807) is 12.1 Å². The molecule has 7 nitrogen and oxygen atoms in total. The first kappa shape index (κ1) is 12.8. The van der Waals surface area contributed by atoms with E-state index in [1.165, 1.54) is 6.07 Å². The summed E-state index contributed by atoms with van der Waals surface area (Å²) < 4.78 is 5.30. The van der Waals surface area contributed by atoms with Crippen molar-refractivity contribution in [1.82, 2.24) is 0 Å². The number of azide groups is 1. The molecule has 1 aromatic carbocycles. The molecule has 0 spiro atoms. The van der Waals surface area contributed by atoms with E-state index in [9.17, 15) is 10.1 Å². The Morgan fingerprint density at radius 2 is 2.35 bits per heavy atom. The zero-order chi connectivity index (χ0) is 12.7. The Hall–Kier alpha value is -2.27. The van der Waals surface area contributed by atoms with Gasteiger partial charge in [0.15, 0.2) is 5.75 Å². The van der Waals surface area contributed by atoms with Crippen LogP contribution in [-0.4, -0.2) is 18.1 Å². The first-order valence-electron chi connectivity index (χ1n) is 5.04. The second-order valence-electron chi connectivity index (χ2n) is 3.38. The maximum Gasteiger partial charge on any atom is 0.310 e. The maximum atomic E-state index is 10.7. The molecule has 90 valence electrons. The fourth-order valence-corrected chi connectivity index (χ4v) is 1.25. The van der Waals surface area contributed by atoms with Crippen LogP contribution >= 0.6 is 0 Å². The van der Waals surface area contributed by atoms with Gasteiger partial charge in [0.2, 0.25) is 0 Å². The fraction of sp³-hybridized carbons (Fsp3) is 0.400. The van der Waals surface area contributed by atoms with Gasteiger partial charge in [-0.05, 0) is 30.5 Å². The van der Waals surface area contributed by atoms with Crippen molar-refractivity contribution in [2.75, 3.05) is 13.2 Å². The van der Waals surface area contributed by atoms with Crippen molar-refractivity contribution in [3.8, 4) is 5.75 Å². The van der Waals surface area contributed by atoms with Gasteiger partial charge in [-0.2, -0.15) is 0 Å². The second kappa shape index (κ2) is 6.34. The van der Waals surface area contributed by atoms with Gasteiger partial charge in [0.1, 0.15) is 0 Å². The quantitative estimate of drug-likeness (QED) is 0.189. The zero-order valence-corrected chi connectivity index (χ0v) is 9.37. The van der Waals surface area contributed by atoms with E-state index in [4.69, 9.17) is 10.3 Å². The van der Waals surface area contributed by atoms with E-state index in [1.807, 2.05) is 6.92 Å². The summed E-state index contributed by atoms with van der Waals surface area (Å²) in [5.74, 6) is 0.246. The van der Waals surface area contributed by atoms with E-state index in [-0.39, 0.29) is 18.0 Å². The SMILES string of the molecule is Cc1ccc([N+](=O)[O-])c(OCCCN=[N+]=[N-])c1. The maximum absolute atomic E-state index is 10.7. The van der Waals surface area contributed by atoms with Crippen LogP contribution in [0, 0.1) is 17.0 Å². The van der Waals surface area contributed by atoms with Crippen molar-refractivity contribution in [1.29, 1.82) is 0 Å². The Bertz CT molecular complexity index is 455. The first-order chi connectivity index (χ1) is 8.15. The lowest BCUT2D eigenvalue weighted by molar-refractivity contribution is -0.385. The number of nitrogens with zero attached hydrogens (tertiary/aromatic N) is 4. The molecule has 0 radical (unpaired) electrons. The number of rotatable bonds is 6. The Balaban J connectivity index is 2.65. The molecule has 0 aliphatic rings. The highest BCUT2D eigenvalue weighted by molar-refractivity contribution is 5.48. The van der Waals surface area contributed by atoms with E-state index in [0.29, 0.717) is 13.0 Å². The number of ether oxygens (including phenoxy) is 1. The smallest absolute Gasteiger partial charge is 0.310 e. The molecule has 0 aliphatic carbocycles. The largest absolute Gasteiger partial charge is 0.487 e. The van der Waals surface area contributed by atoms with Crippen LogP contribution in [0.4, 0.5) is 5.69 Å². The Morgan fingerprint density at radius 3 is 3.00 bits per heavy atom. The molecule has 1 aromatic rings. The summed E-state index contributed by atoms with van der Waals surface area (Å²) in [4.78, 5) is 12.8. The van der Waals surface area contributed by atoms with Gasteiger partial charge in [-0.1, -0.05) is 11.2 Å². The number of hydrogen-bond donors (Lipinski definition) is 0. The van der Waals surface area contributed by atoms with Crippen molar-refractivity contribution < 1.29 is 9.66 Å². The minimum Gasteiger partial charge on any atom is -0.487 e. The van der Waals surface area contributed by atoms with Gasteiger partial charge in [0.25, 0.3) is 0 Å². The molecule has 0 aromatic heterocycles. The fourth-order valence-electron chi connectivity index (χ4n) is 1.25. The zero-order valence-electron chi connectivity index (χ0n) is 9.37. The summed E-state index contributed by atoms with van der Waals surface area (Å²) in [6, 6.07) is 4.69. The minimum absolute atomic E-state index is 0.0561. The monoisotopic (exact) mass is 236 g/mol. The molecule has 0 heterocycles. The van der Waals surface area contributed by atoms with Crippen molar-refractivity contribution in [3.63, 3.8) is 0 Å². The highest BCUT2D eigenvalue weighted by Gasteiger charge is 2.14. The first-order valence-corrected chi connectivity index (χ1v) is 5.04. The average molecular weight is 236 g/mol. The van der Waals surface area contributed by atoms with Crippen LogP contribution in [0.25, 0.3) is 10.4 Å². The molecule has 17 heavy (non-hydrogen) atoms. The Morgan fingerprint density at radius 1 is 1.59 bits per heavy atom. The molecular weight excluding hydrogens is 224 g/mol. The van der Waals surface area contributed by atoms with Gasteiger partial charge in [-0.15, -0.1) is 0 Å². The highest BCUT2D eigenvalue weighted by Crippen LogP contribution is 2.27. The van der Waals surface area contributed by atoms with Crippen LogP contribution < -0.4 is 4.74 Å². The van der Waals surface area contributed by atoms with Crippen LogP contribution in [-0.2, 0) is 0 Å². The minimum atomic E-state index is -0.484. The predicted molar refractivity (Wildman–Crippen MR) is 62.0 cm³/mol. The van der Waals surface area contributed by atoms with Crippen LogP contribution in [0.2, 0.25) is 0 Å². The molecule has 0 unspecified atom stereocenters. The normalized spacial score (nSPS) is 9.47. The number of benzene rings is 1. The lowest BCUT2D eigenvalue weighted by Crippen LogP contribution is -2.02. The molecule has 0 amide bonds. The van der Waals surface area contributed by atoms with Gasteiger partial charge < -0.3 is 4.74 Å². The van der Waals surface area contributed by atoms with Gasteiger partial charge in [0.05, 0.1) is 11.5 Å². The van der Waals surface area contributed by atoms with Crippen molar-refractivity contribution >= 4 is 5.69 Å². The average Bonchev–Trinajstić information content (AvgIpc) is 2.28. The molecular formula is C10H12N4O3. The predicted octanol–water partition coefficient (Wildman–Crippen LogP) is 2.98. The molecule has 0 saturated heterocycles. The summed E-state index contributed by atoms with van der Waals surface area (Å²) in [6.45, 7) is 2.43. The van der Waals surface area contributed by atoms with Gasteiger partial charge in [-0.25, -0.2) is 0 Å². The molecule has 0 N–H and O–H groups in total. The number of nitro benzene ring substituents is 1. The third kappa shape index (κ3) is 4.00. The standard InChI is InChI=1S/C10H12N4O3/c1-8-3-4-9(14(15)16)10(7-8)17-6-2-5-12-13-11/h3-4,7H,2,5-6H2,1H3. The topological polar surface area (TPSA) is 101 Å². The Kier molecular flexibility index (Phi) is 4.77.